The van der Waals surface area contributed by atoms with Crippen LogP contribution in [0.25, 0.3) is 0 Å². The van der Waals surface area contributed by atoms with Gasteiger partial charge >= 0.3 is 5.97 Å². The molecule has 2 rings (SSSR count). The number of carboxylic acid groups (broad SMARTS) is 1. The SMILES string of the molecule is Cn1cc(C2=NO[C@@H](C(=O)O)C2)cn1. The Hall–Kier alpha value is -1.85. The Morgan fingerprint density at radius 2 is 2.57 bits per heavy atom. The third kappa shape index (κ3) is 1.46. The van der Waals surface area contributed by atoms with E-state index in [1.807, 2.05) is 0 Å². The van der Waals surface area contributed by atoms with Crippen molar-refractivity contribution in [2.45, 2.75) is 12.5 Å². The third-order valence-electron chi connectivity index (χ3n) is 1.98. The second-order valence-corrected chi connectivity index (χ2v) is 3.08. The molecule has 0 radical (unpaired) electrons. The van der Waals surface area contributed by atoms with E-state index in [-0.39, 0.29) is 0 Å². The fraction of sp³-hybridized carbons (Fsp3) is 0.375. The second-order valence-electron chi connectivity index (χ2n) is 3.08. The highest BCUT2D eigenvalue weighted by Crippen LogP contribution is 2.15. The zero-order valence-electron chi connectivity index (χ0n) is 7.54. The highest BCUT2D eigenvalue weighted by Gasteiger charge is 2.28. The number of hydrogen-bond donors (Lipinski definition) is 1. The lowest BCUT2D eigenvalue weighted by Crippen LogP contribution is -2.19. The predicted octanol–water partition coefficient (Wildman–Crippen LogP) is -0.00230. The average Bonchev–Trinajstić information content (AvgIpc) is 2.70. The van der Waals surface area contributed by atoms with Crippen LogP contribution in [0.4, 0.5) is 0 Å². The summed E-state index contributed by atoms with van der Waals surface area (Å²) >= 11 is 0. The molecule has 0 fully saturated rings. The number of hydrogen-bond acceptors (Lipinski definition) is 4. The highest BCUT2D eigenvalue weighted by atomic mass is 16.7. The fourth-order valence-corrected chi connectivity index (χ4v) is 1.25. The van der Waals surface area contributed by atoms with Gasteiger partial charge in [0.25, 0.3) is 0 Å². The molecule has 6 heteroatoms. The van der Waals surface area contributed by atoms with Crippen LogP contribution < -0.4 is 0 Å². The lowest BCUT2D eigenvalue weighted by Gasteiger charge is -1.98. The maximum absolute atomic E-state index is 10.6. The summed E-state index contributed by atoms with van der Waals surface area (Å²) in [5, 5.41) is 16.3. The number of nitrogens with zero attached hydrogens (tertiary/aromatic N) is 3. The Labute approximate surface area is 79.8 Å². The van der Waals surface area contributed by atoms with Crippen molar-refractivity contribution in [2.24, 2.45) is 12.2 Å². The molecule has 0 bridgehead atoms. The molecule has 1 aromatic rings. The van der Waals surface area contributed by atoms with Gasteiger partial charge in [-0.15, -0.1) is 0 Å². The largest absolute Gasteiger partial charge is 0.478 e. The summed E-state index contributed by atoms with van der Waals surface area (Å²) in [4.78, 5) is 15.3. The molecule has 0 spiro atoms. The first-order valence-electron chi connectivity index (χ1n) is 4.11. The summed E-state index contributed by atoms with van der Waals surface area (Å²) in [6, 6.07) is 0. The van der Waals surface area contributed by atoms with E-state index in [0.717, 1.165) is 5.56 Å². The maximum Gasteiger partial charge on any atom is 0.348 e. The maximum atomic E-state index is 10.6. The first-order valence-corrected chi connectivity index (χ1v) is 4.11. The minimum Gasteiger partial charge on any atom is -0.478 e. The Morgan fingerprint density at radius 3 is 3.07 bits per heavy atom. The van der Waals surface area contributed by atoms with Crippen molar-refractivity contribution in [1.82, 2.24) is 9.78 Å². The van der Waals surface area contributed by atoms with Gasteiger partial charge in [-0.05, 0) is 0 Å². The van der Waals surface area contributed by atoms with Gasteiger partial charge < -0.3 is 9.94 Å². The molecule has 1 atom stereocenters. The molecule has 0 saturated heterocycles. The number of aryl methyl sites for hydroxylation is 1. The van der Waals surface area contributed by atoms with Gasteiger partial charge in [0.05, 0.1) is 11.9 Å². The van der Waals surface area contributed by atoms with Crippen LogP contribution in [0.5, 0.6) is 0 Å². The molecule has 2 heterocycles. The highest BCUT2D eigenvalue weighted by molar-refractivity contribution is 6.03. The van der Waals surface area contributed by atoms with Crippen molar-refractivity contribution < 1.29 is 14.7 Å². The molecular weight excluding hydrogens is 186 g/mol. The molecule has 0 aromatic carbocycles. The fourth-order valence-electron chi connectivity index (χ4n) is 1.25. The van der Waals surface area contributed by atoms with Crippen molar-refractivity contribution in [2.75, 3.05) is 0 Å². The van der Waals surface area contributed by atoms with Crippen LogP contribution in [-0.2, 0) is 16.7 Å². The number of oxime groups is 1. The summed E-state index contributed by atoms with van der Waals surface area (Å²) in [6.45, 7) is 0. The number of carbonyl (C=O) groups is 1. The minimum absolute atomic E-state index is 0.293. The van der Waals surface area contributed by atoms with Gasteiger partial charge in [-0.1, -0.05) is 5.16 Å². The molecule has 1 N–H and O–H groups in total. The van der Waals surface area contributed by atoms with E-state index in [1.54, 1.807) is 24.1 Å². The van der Waals surface area contributed by atoms with Gasteiger partial charge in [-0.3, -0.25) is 4.68 Å². The average molecular weight is 195 g/mol. The summed E-state index contributed by atoms with van der Waals surface area (Å²) in [6.07, 6.45) is 2.84. The Morgan fingerprint density at radius 1 is 1.79 bits per heavy atom. The van der Waals surface area contributed by atoms with Crippen LogP contribution in [0.3, 0.4) is 0 Å². The molecular formula is C8H9N3O3. The standard InChI is InChI=1S/C8H9N3O3/c1-11-4-5(3-9-11)6-2-7(8(12)13)14-10-6/h3-4,7H,2H2,1H3,(H,12,13)/t7-/m1/s1. The van der Waals surface area contributed by atoms with Gasteiger partial charge in [0, 0.05) is 25.2 Å². The molecule has 74 valence electrons. The van der Waals surface area contributed by atoms with E-state index in [0.29, 0.717) is 12.1 Å². The van der Waals surface area contributed by atoms with Crippen LogP contribution in [0.2, 0.25) is 0 Å². The van der Waals surface area contributed by atoms with Crippen molar-refractivity contribution in [3.05, 3.63) is 18.0 Å². The molecule has 0 amide bonds. The molecule has 6 nitrogen and oxygen atoms in total. The monoisotopic (exact) mass is 195 g/mol. The molecule has 14 heavy (non-hydrogen) atoms. The quantitative estimate of drug-likeness (QED) is 0.720. The van der Waals surface area contributed by atoms with Gasteiger partial charge in [-0.2, -0.15) is 5.10 Å². The zero-order chi connectivity index (χ0) is 10.1. The number of aliphatic carboxylic acids is 1. The molecule has 1 aromatic heterocycles. The third-order valence-corrected chi connectivity index (χ3v) is 1.98. The minimum atomic E-state index is -0.993. The summed E-state index contributed by atoms with van der Waals surface area (Å²) < 4.78 is 1.63. The van der Waals surface area contributed by atoms with E-state index < -0.39 is 12.1 Å². The number of rotatable bonds is 2. The normalized spacial score (nSPS) is 20.4. The molecule has 0 saturated carbocycles. The Balaban J connectivity index is 2.12. The lowest BCUT2D eigenvalue weighted by molar-refractivity contribution is -0.148. The number of aromatic nitrogens is 2. The summed E-state index contributed by atoms with van der Waals surface area (Å²) in [5.41, 5.74) is 1.43. The zero-order valence-corrected chi connectivity index (χ0v) is 7.54. The van der Waals surface area contributed by atoms with Crippen molar-refractivity contribution in [3.8, 4) is 0 Å². The Bertz CT molecular complexity index is 396. The first-order chi connectivity index (χ1) is 6.66. The van der Waals surface area contributed by atoms with E-state index in [9.17, 15) is 4.79 Å². The van der Waals surface area contributed by atoms with Gasteiger partial charge in [0.2, 0.25) is 6.10 Å². The van der Waals surface area contributed by atoms with Gasteiger partial charge in [-0.25, -0.2) is 4.79 Å². The van der Waals surface area contributed by atoms with Crippen LogP contribution in [0.15, 0.2) is 17.5 Å². The second kappa shape index (κ2) is 3.13. The Kier molecular flexibility index (Phi) is 1.95. The summed E-state index contributed by atoms with van der Waals surface area (Å²) in [5.74, 6) is -0.993. The number of carboxylic acids is 1. The summed E-state index contributed by atoms with van der Waals surface area (Å²) in [7, 11) is 1.79. The van der Waals surface area contributed by atoms with Crippen LogP contribution in [-0.4, -0.2) is 32.7 Å². The van der Waals surface area contributed by atoms with Crippen molar-refractivity contribution in [1.29, 1.82) is 0 Å². The van der Waals surface area contributed by atoms with Crippen LogP contribution >= 0.6 is 0 Å². The van der Waals surface area contributed by atoms with Gasteiger partial charge in [0.15, 0.2) is 0 Å². The van der Waals surface area contributed by atoms with E-state index in [1.165, 1.54) is 0 Å². The van der Waals surface area contributed by atoms with Crippen LogP contribution in [0.1, 0.15) is 12.0 Å². The van der Waals surface area contributed by atoms with Crippen LogP contribution in [0, 0.1) is 0 Å². The van der Waals surface area contributed by atoms with Gasteiger partial charge in [0.1, 0.15) is 0 Å². The van der Waals surface area contributed by atoms with Crippen molar-refractivity contribution >= 4 is 11.7 Å². The molecule has 1 aliphatic heterocycles. The molecule has 0 unspecified atom stereocenters. The molecule has 0 aliphatic carbocycles. The lowest BCUT2D eigenvalue weighted by atomic mass is 10.1. The predicted molar refractivity (Wildman–Crippen MR) is 46.9 cm³/mol. The van der Waals surface area contributed by atoms with E-state index >= 15 is 0 Å². The van der Waals surface area contributed by atoms with E-state index in [4.69, 9.17) is 9.94 Å². The topological polar surface area (TPSA) is 76.7 Å². The van der Waals surface area contributed by atoms with E-state index in [2.05, 4.69) is 10.3 Å². The molecule has 1 aliphatic rings. The first kappa shape index (κ1) is 8.74. The van der Waals surface area contributed by atoms with Crippen molar-refractivity contribution in [3.63, 3.8) is 0 Å². The smallest absolute Gasteiger partial charge is 0.348 e.